The predicted molar refractivity (Wildman–Crippen MR) is 204 cm³/mol. The second-order valence-electron chi connectivity index (χ2n) is 17.2. The van der Waals surface area contributed by atoms with Gasteiger partial charge in [-0.3, -0.25) is 19.1 Å². The molecule has 0 bridgehead atoms. The Hall–Kier alpha value is -4.61. The van der Waals surface area contributed by atoms with Gasteiger partial charge in [0.05, 0.1) is 29.6 Å². The molecule has 58 heavy (non-hydrogen) atoms. The Bertz CT molecular complexity index is 2180. The third-order valence-corrected chi connectivity index (χ3v) is 14.7. The molecule has 1 saturated heterocycles. The Kier molecular flexibility index (Phi) is 10.4. The van der Waals surface area contributed by atoms with Gasteiger partial charge in [-0.25, -0.2) is 18.2 Å². The van der Waals surface area contributed by atoms with Crippen LogP contribution in [0.1, 0.15) is 96.2 Å². The zero-order valence-electron chi connectivity index (χ0n) is 33.2. The minimum absolute atomic E-state index is 0.0358. The summed E-state index contributed by atoms with van der Waals surface area (Å²) < 4.78 is 85.6. The molecule has 2 aromatic rings. The van der Waals surface area contributed by atoms with Crippen molar-refractivity contribution in [2.24, 2.45) is 5.92 Å². The number of alkyl halides is 3. The zero-order chi connectivity index (χ0) is 42.1. The number of carbonyl (C=O) groups is 4. The summed E-state index contributed by atoms with van der Waals surface area (Å²) in [6.07, 6.45) is 1.20. The quantitative estimate of drug-likeness (QED) is 0.334. The molecule has 1 aromatic heterocycles. The van der Waals surface area contributed by atoms with E-state index in [9.17, 15) is 40.8 Å². The van der Waals surface area contributed by atoms with Crippen molar-refractivity contribution in [2.75, 3.05) is 13.7 Å². The second-order valence-corrected chi connectivity index (χ2v) is 19.4. The van der Waals surface area contributed by atoms with E-state index in [0.717, 1.165) is 16.5 Å². The van der Waals surface area contributed by atoms with E-state index < -0.39 is 79.5 Å². The van der Waals surface area contributed by atoms with Crippen LogP contribution in [0.5, 0.6) is 11.5 Å². The summed E-state index contributed by atoms with van der Waals surface area (Å²) in [5.74, 6) is -1.78. The van der Waals surface area contributed by atoms with Gasteiger partial charge in [-0.1, -0.05) is 25.0 Å². The average molecular weight is 834 g/mol. The molecule has 7 rings (SSSR count). The van der Waals surface area contributed by atoms with E-state index in [1.165, 1.54) is 4.90 Å². The number of rotatable bonds is 6. The Morgan fingerprint density at radius 1 is 1.09 bits per heavy atom. The number of aryl methyl sites for hydroxylation is 2. The number of pyridine rings is 1. The fourth-order valence-corrected chi connectivity index (χ4v) is 9.57. The Morgan fingerprint density at radius 3 is 2.52 bits per heavy atom. The van der Waals surface area contributed by atoms with Gasteiger partial charge in [-0.2, -0.15) is 13.2 Å². The Morgan fingerprint density at radius 2 is 1.83 bits per heavy atom. The number of aromatic nitrogens is 1. The van der Waals surface area contributed by atoms with E-state index in [2.05, 4.69) is 15.4 Å². The molecule has 18 heteroatoms. The van der Waals surface area contributed by atoms with Crippen LogP contribution in [0.4, 0.5) is 18.0 Å². The fraction of sp³-hybridized carbons (Fsp3) is 0.625. The highest BCUT2D eigenvalue weighted by molar-refractivity contribution is 7.91. The molecule has 2 aliphatic carbocycles. The number of fused-ring (bicyclic) bond motifs is 5. The standard InChI is InChI=1S/C40H50F3N5O9S/c1-23-31-26(27-19-25(55-5)13-14-28(27)44-23)15-16-38(56-31)21-30-32(49)46-39(34(51)47-58(53,54)37(4)17-18-37)20-24(39)11-9-7-6-8-10-12-29(33(50)48(30)22-38)45-35(52)57-36(2,3)40(41,42)43/h9,11,13-14,19,24,29-30H,6-8,10,12,15-18,20-22H2,1-5H3,(H,45,52)(H,46,49)(H,47,51). The lowest BCUT2D eigenvalue weighted by atomic mass is 9.87. The number of methoxy groups -OCH3 is 1. The molecular weight excluding hydrogens is 784 g/mol. The van der Waals surface area contributed by atoms with Crippen LogP contribution in [0.25, 0.3) is 10.9 Å². The van der Waals surface area contributed by atoms with Crippen molar-refractivity contribution in [1.29, 1.82) is 0 Å². The number of alkyl carbamates (subject to hydrolysis) is 1. The Labute approximate surface area is 335 Å². The SMILES string of the molecule is COc1ccc2nc(C)c3c(c2c1)CCC1(CC2C(=O)NC4(C(=O)NS(=O)(=O)C5(C)CC5)CC4C=CCCCCCC(NC(=O)OC(C)(C)C(F)(F)F)C(=O)N2C1)O3. The summed E-state index contributed by atoms with van der Waals surface area (Å²) >= 11 is 0. The number of nitrogens with zero attached hydrogens (tertiary/aromatic N) is 2. The minimum Gasteiger partial charge on any atom is -0.497 e. The number of nitrogens with one attached hydrogen (secondary N) is 3. The minimum atomic E-state index is -4.90. The van der Waals surface area contributed by atoms with Crippen LogP contribution in [-0.2, 0) is 35.6 Å². The summed E-state index contributed by atoms with van der Waals surface area (Å²) in [6, 6.07) is 2.85. The van der Waals surface area contributed by atoms with Gasteiger partial charge in [0.2, 0.25) is 27.4 Å². The number of amides is 4. The third kappa shape index (κ3) is 7.68. The lowest BCUT2D eigenvalue weighted by molar-refractivity contribution is -0.244. The smallest absolute Gasteiger partial charge is 0.427 e. The maximum Gasteiger partial charge on any atom is 0.427 e. The van der Waals surface area contributed by atoms with Gasteiger partial charge in [0.15, 0.2) is 0 Å². The first-order chi connectivity index (χ1) is 27.1. The summed E-state index contributed by atoms with van der Waals surface area (Å²) in [5.41, 5.74) is -3.46. The lowest BCUT2D eigenvalue weighted by Gasteiger charge is -2.37. The molecule has 4 amide bonds. The van der Waals surface area contributed by atoms with E-state index in [0.29, 0.717) is 82.4 Å². The van der Waals surface area contributed by atoms with E-state index in [1.807, 2.05) is 18.2 Å². The number of allylic oxidation sites excluding steroid dienone is 1. The molecule has 0 radical (unpaired) electrons. The lowest BCUT2D eigenvalue weighted by Crippen LogP contribution is -2.59. The second kappa shape index (κ2) is 14.6. The van der Waals surface area contributed by atoms with Gasteiger partial charge in [0.1, 0.15) is 34.7 Å². The van der Waals surface area contributed by atoms with Crippen molar-refractivity contribution in [3.8, 4) is 11.5 Å². The molecule has 4 heterocycles. The number of hydrogen-bond donors (Lipinski definition) is 3. The van der Waals surface area contributed by atoms with Crippen molar-refractivity contribution in [3.05, 3.63) is 41.6 Å². The van der Waals surface area contributed by atoms with Crippen LogP contribution in [-0.4, -0.2) is 95.5 Å². The third-order valence-electron chi connectivity index (χ3n) is 12.5. The van der Waals surface area contributed by atoms with Crippen LogP contribution in [0.3, 0.4) is 0 Å². The molecule has 316 valence electrons. The highest BCUT2D eigenvalue weighted by atomic mass is 32.2. The number of carbonyl (C=O) groups excluding carboxylic acids is 4. The summed E-state index contributed by atoms with van der Waals surface area (Å²) in [6.45, 7) is 4.59. The van der Waals surface area contributed by atoms with Crippen LogP contribution in [0, 0.1) is 12.8 Å². The normalized spacial score (nSPS) is 28.5. The molecule has 14 nitrogen and oxygen atoms in total. The molecule has 3 aliphatic heterocycles. The van der Waals surface area contributed by atoms with Crippen molar-refractivity contribution in [1.82, 2.24) is 25.2 Å². The first kappa shape index (κ1) is 41.5. The van der Waals surface area contributed by atoms with Gasteiger partial charge in [0.25, 0.3) is 5.91 Å². The highest BCUT2D eigenvalue weighted by Crippen LogP contribution is 2.49. The van der Waals surface area contributed by atoms with Crippen molar-refractivity contribution < 1.29 is 55.0 Å². The van der Waals surface area contributed by atoms with Crippen LogP contribution >= 0.6 is 0 Å². The first-order valence-corrected chi connectivity index (χ1v) is 21.2. The van der Waals surface area contributed by atoms with E-state index in [-0.39, 0.29) is 25.8 Å². The van der Waals surface area contributed by atoms with Gasteiger partial charge >= 0.3 is 12.3 Å². The van der Waals surface area contributed by atoms with Crippen molar-refractivity contribution in [2.45, 2.75) is 138 Å². The fourth-order valence-electron chi connectivity index (χ4n) is 8.26. The zero-order valence-corrected chi connectivity index (χ0v) is 34.0. The monoisotopic (exact) mass is 833 g/mol. The van der Waals surface area contributed by atoms with E-state index in [4.69, 9.17) is 19.2 Å². The number of ether oxygens (including phenoxy) is 3. The Balaban J connectivity index is 1.24. The molecule has 1 spiro atoms. The summed E-state index contributed by atoms with van der Waals surface area (Å²) in [4.78, 5) is 62.3. The maximum atomic E-state index is 14.7. The van der Waals surface area contributed by atoms with Crippen molar-refractivity contribution in [3.63, 3.8) is 0 Å². The van der Waals surface area contributed by atoms with E-state index >= 15 is 0 Å². The molecule has 1 aromatic carbocycles. The first-order valence-electron chi connectivity index (χ1n) is 19.7. The molecule has 2 saturated carbocycles. The summed E-state index contributed by atoms with van der Waals surface area (Å²) in [5, 5.41) is 6.01. The highest BCUT2D eigenvalue weighted by Gasteiger charge is 2.64. The number of sulfonamides is 1. The van der Waals surface area contributed by atoms with Gasteiger partial charge in [-0.05, 0) is 97.3 Å². The maximum absolute atomic E-state index is 14.7. The van der Waals surface area contributed by atoms with Crippen molar-refractivity contribution >= 4 is 44.7 Å². The van der Waals surface area contributed by atoms with E-state index in [1.54, 1.807) is 33.1 Å². The number of benzene rings is 1. The molecule has 5 atom stereocenters. The summed E-state index contributed by atoms with van der Waals surface area (Å²) in [7, 11) is -2.51. The molecule has 3 N–H and O–H groups in total. The molecule has 5 unspecified atom stereocenters. The number of hydrogen-bond acceptors (Lipinski definition) is 10. The van der Waals surface area contributed by atoms with Crippen LogP contribution < -0.4 is 24.8 Å². The average Bonchev–Trinajstić information content (AvgIpc) is 4.04. The largest absolute Gasteiger partial charge is 0.497 e. The van der Waals surface area contributed by atoms with Gasteiger partial charge in [0, 0.05) is 23.3 Å². The molecule has 5 aliphatic rings. The van der Waals surface area contributed by atoms with Gasteiger partial charge in [-0.15, -0.1) is 0 Å². The molecule has 3 fully saturated rings. The topological polar surface area (TPSA) is 182 Å². The van der Waals surface area contributed by atoms with Crippen LogP contribution in [0.15, 0.2) is 30.4 Å². The number of halogens is 3. The predicted octanol–water partition coefficient (Wildman–Crippen LogP) is 5.05. The molecular formula is C40H50F3N5O9S. The van der Waals surface area contributed by atoms with Gasteiger partial charge < -0.3 is 29.7 Å². The van der Waals surface area contributed by atoms with Crippen LogP contribution in [0.2, 0.25) is 0 Å².